The summed E-state index contributed by atoms with van der Waals surface area (Å²) in [7, 11) is 1.36. The second kappa shape index (κ2) is 6.89. The van der Waals surface area contributed by atoms with Gasteiger partial charge in [0.1, 0.15) is 5.69 Å². The molecule has 0 aliphatic carbocycles. The highest BCUT2D eigenvalue weighted by Gasteiger charge is 2.25. The van der Waals surface area contributed by atoms with E-state index in [9.17, 15) is 17.6 Å². The number of ether oxygens (including phenoxy) is 1. The lowest BCUT2D eigenvalue weighted by atomic mass is 10.3. The van der Waals surface area contributed by atoms with Crippen molar-refractivity contribution >= 4 is 5.69 Å². The number of halogens is 4. The van der Waals surface area contributed by atoms with Crippen LogP contribution in [0.4, 0.5) is 23.2 Å². The molecular weight excluding hydrogens is 266 g/mol. The summed E-state index contributed by atoms with van der Waals surface area (Å²) < 4.78 is 57.8. The van der Waals surface area contributed by atoms with Gasteiger partial charge >= 0.3 is 0 Å². The molecule has 0 atom stereocenters. The Morgan fingerprint density at radius 1 is 1.16 bits per heavy atom. The standard InChI is InChI=1S/C11H11F4N3O/c1-19-6-5-18(4-2-3-16)9-7(12)10(14)17-11(15)8(9)13/h2,4-6H2,1H3. The molecular formula is C11H11F4N3O. The zero-order chi connectivity index (χ0) is 14.4. The van der Waals surface area contributed by atoms with Gasteiger partial charge in [0.25, 0.3) is 11.9 Å². The molecule has 0 amide bonds. The zero-order valence-corrected chi connectivity index (χ0v) is 10.1. The van der Waals surface area contributed by atoms with Crippen LogP contribution in [0.5, 0.6) is 0 Å². The van der Waals surface area contributed by atoms with E-state index in [2.05, 4.69) is 4.98 Å². The van der Waals surface area contributed by atoms with Crippen molar-refractivity contribution in [1.29, 1.82) is 5.26 Å². The van der Waals surface area contributed by atoms with Crippen LogP contribution in [0.25, 0.3) is 0 Å². The summed E-state index contributed by atoms with van der Waals surface area (Å²) in [6, 6.07) is 1.78. The van der Waals surface area contributed by atoms with Gasteiger partial charge in [-0.25, -0.2) is 0 Å². The monoisotopic (exact) mass is 277 g/mol. The van der Waals surface area contributed by atoms with E-state index < -0.39 is 29.2 Å². The van der Waals surface area contributed by atoms with Gasteiger partial charge in [-0.1, -0.05) is 0 Å². The highest BCUT2D eigenvalue weighted by atomic mass is 19.2. The Balaban J connectivity index is 3.17. The maximum absolute atomic E-state index is 13.5. The largest absolute Gasteiger partial charge is 0.383 e. The van der Waals surface area contributed by atoms with Crippen molar-refractivity contribution in [3.63, 3.8) is 0 Å². The molecule has 0 saturated carbocycles. The van der Waals surface area contributed by atoms with Crippen molar-refractivity contribution < 1.29 is 22.3 Å². The lowest BCUT2D eigenvalue weighted by Gasteiger charge is -2.24. The van der Waals surface area contributed by atoms with Crippen molar-refractivity contribution in [3.05, 3.63) is 23.5 Å². The van der Waals surface area contributed by atoms with E-state index in [1.165, 1.54) is 7.11 Å². The first-order chi connectivity index (χ1) is 9.02. The van der Waals surface area contributed by atoms with Crippen LogP contribution in [0, 0.1) is 34.9 Å². The first-order valence-electron chi connectivity index (χ1n) is 5.33. The van der Waals surface area contributed by atoms with Gasteiger partial charge in [-0.3, -0.25) is 0 Å². The van der Waals surface area contributed by atoms with Crippen molar-refractivity contribution in [3.8, 4) is 6.07 Å². The molecule has 0 aliphatic heterocycles. The van der Waals surface area contributed by atoms with Gasteiger partial charge in [-0.15, -0.1) is 0 Å². The molecule has 0 radical (unpaired) electrons. The molecule has 0 spiro atoms. The van der Waals surface area contributed by atoms with Gasteiger partial charge < -0.3 is 9.64 Å². The van der Waals surface area contributed by atoms with Crippen molar-refractivity contribution in [2.24, 2.45) is 0 Å². The number of rotatable bonds is 6. The summed E-state index contributed by atoms with van der Waals surface area (Å²) in [6.07, 6.45) is -0.0614. The second-order valence-corrected chi connectivity index (χ2v) is 3.56. The third kappa shape index (κ3) is 3.54. The lowest BCUT2D eigenvalue weighted by molar-refractivity contribution is 0.204. The minimum Gasteiger partial charge on any atom is -0.383 e. The van der Waals surface area contributed by atoms with Crippen LogP contribution in [0.3, 0.4) is 0 Å². The van der Waals surface area contributed by atoms with Crippen molar-refractivity contribution in [2.75, 3.05) is 31.7 Å². The Kier molecular flexibility index (Phi) is 5.51. The second-order valence-electron chi connectivity index (χ2n) is 3.56. The summed E-state index contributed by atoms with van der Waals surface area (Å²) in [6.45, 7) is -0.0264. The molecule has 1 aromatic heterocycles. The molecule has 1 heterocycles. The van der Waals surface area contributed by atoms with Gasteiger partial charge in [-0.2, -0.15) is 27.8 Å². The van der Waals surface area contributed by atoms with Gasteiger partial charge in [-0.05, 0) is 0 Å². The normalized spacial score (nSPS) is 10.3. The predicted octanol–water partition coefficient (Wildman–Crippen LogP) is 2.00. The van der Waals surface area contributed by atoms with E-state index in [0.29, 0.717) is 0 Å². The number of nitrogens with zero attached hydrogens (tertiary/aromatic N) is 3. The zero-order valence-electron chi connectivity index (χ0n) is 10.1. The minimum absolute atomic E-state index is 0.0189. The van der Waals surface area contributed by atoms with E-state index >= 15 is 0 Å². The van der Waals surface area contributed by atoms with Crippen LogP contribution >= 0.6 is 0 Å². The van der Waals surface area contributed by atoms with Crippen molar-refractivity contribution in [2.45, 2.75) is 6.42 Å². The Hall–Kier alpha value is -1.88. The highest BCUT2D eigenvalue weighted by molar-refractivity contribution is 5.48. The van der Waals surface area contributed by atoms with Gasteiger partial charge in [0, 0.05) is 20.2 Å². The van der Waals surface area contributed by atoms with Crippen LogP contribution in [-0.4, -0.2) is 31.8 Å². The number of aromatic nitrogens is 1. The molecule has 0 aromatic carbocycles. The van der Waals surface area contributed by atoms with E-state index in [0.717, 1.165) is 4.90 Å². The molecule has 0 N–H and O–H groups in total. The maximum Gasteiger partial charge on any atom is 0.253 e. The van der Waals surface area contributed by atoms with Crippen LogP contribution in [-0.2, 0) is 4.74 Å². The Morgan fingerprint density at radius 2 is 1.74 bits per heavy atom. The Bertz CT molecular complexity index is 464. The molecule has 0 unspecified atom stereocenters. The van der Waals surface area contributed by atoms with Gasteiger partial charge in [0.05, 0.1) is 19.1 Å². The van der Waals surface area contributed by atoms with Crippen LogP contribution < -0.4 is 4.90 Å². The van der Waals surface area contributed by atoms with E-state index in [1.54, 1.807) is 6.07 Å². The summed E-state index contributed by atoms with van der Waals surface area (Å²) in [5.41, 5.74) is -0.877. The molecule has 104 valence electrons. The van der Waals surface area contributed by atoms with E-state index in [-0.39, 0.29) is 26.1 Å². The number of methoxy groups -OCH3 is 1. The molecule has 19 heavy (non-hydrogen) atoms. The number of pyridine rings is 1. The molecule has 8 heteroatoms. The summed E-state index contributed by atoms with van der Waals surface area (Å²) in [5, 5.41) is 8.48. The van der Waals surface area contributed by atoms with Crippen LogP contribution in [0.1, 0.15) is 6.42 Å². The number of anilines is 1. The molecule has 0 bridgehead atoms. The minimum atomic E-state index is -1.73. The summed E-state index contributed by atoms with van der Waals surface area (Å²) in [5.74, 6) is -6.64. The highest BCUT2D eigenvalue weighted by Crippen LogP contribution is 2.26. The maximum atomic E-state index is 13.5. The first-order valence-corrected chi connectivity index (χ1v) is 5.33. The summed E-state index contributed by atoms with van der Waals surface area (Å²) >= 11 is 0. The third-order valence-electron chi connectivity index (χ3n) is 2.35. The Morgan fingerprint density at radius 3 is 2.21 bits per heavy atom. The third-order valence-corrected chi connectivity index (χ3v) is 2.35. The average molecular weight is 277 g/mol. The smallest absolute Gasteiger partial charge is 0.253 e. The SMILES string of the molecule is COCCN(CCC#N)c1c(F)c(F)nc(F)c1F. The molecule has 0 fully saturated rings. The van der Waals surface area contributed by atoms with Gasteiger partial charge in [0.15, 0.2) is 0 Å². The molecule has 0 aliphatic rings. The average Bonchev–Trinajstić information content (AvgIpc) is 2.39. The summed E-state index contributed by atoms with van der Waals surface area (Å²) in [4.78, 5) is 3.48. The topological polar surface area (TPSA) is 49.1 Å². The fourth-order valence-corrected chi connectivity index (χ4v) is 1.48. The van der Waals surface area contributed by atoms with Crippen LogP contribution in [0.2, 0.25) is 0 Å². The fraction of sp³-hybridized carbons (Fsp3) is 0.455. The predicted molar refractivity (Wildman–Crippen MR) is 58.4 cm³/mol. The molecule has 0 saturated heterocycles. The molecule has 4 nitrogen and oxygen atoms in total. The number of hydrogen-bond donors (Lipinski definition) is 0. The fourth-order valence-electron chi connectivity index (χ4n) is 1.48. The molecule has 1 aromatic rings. The van der Waals surface area contributed by atoms with E-state index in [4.69, 9.17) is 10.00 Å². The first kappa shape index (κ1) is 15.2. The van der Waals surface area contributed by atoms with Gasteiger partial charge in [0.2, 0.25) is 11.6 Å². The quantitative estimate of drug-likeness (QED) is 0.589. The number of hydrogen-bond acceptors (Lipinski definition) is 4. The van der Waals surface area contributed by atoms with Crippen LogP contribution in [0.15, 0.2) is 0 Å². The molecule has 1 rings (SSSR count). The number of nitriles is 1. The van der Waals surface area contributed by atoms with E-state index in [1.807, 2.05) is 0 Å². The Labute approximate surface area is 107 Å². The lowest BCUT2D eigenvalue weighted by Crippen LogP contribution is -2.31. The van der Waals surface area contributed by atoms with Crippen molar-refractivity contribution in [1.82, 2.24) is 4.98 Å².